The summed E-state index contributed by atoms with van der Waals surface area (Å²) in [6, 6.07) is 6.91. The smallest absolute Gasteiger partial charge is 0.410 e. The number of carbonyl (C=O) groups excluding carboxylic acids is 1. The number of aromatic nitrogens is 2. The van der Waals surface area contributed by atoms with E-state index in [4.69, 9.17) is 4.42 Å². The van der Waals surface area contributed by atoms with Gasteiger partial charge in [0.15, 0.2) is 11.7 Å². The Labute approximate surface area is 156 Å². The van der Waals surface area contributed by atoms with Crippen LogP contribution in [-0.4, -0.2) is 21.9 Å². The molecule has 0 spiro atoms. The molecule has 4 rings (SSSR count). The van der Waals surface area contributed by atoms with E-state index in [2.05, 4.69) is 15.7 Å². The monoisotopic (exact) mass is 394 g/mol. The Balaban J connectivity index is 1.64. The van der Waals surface area contributed by atoms with Gasteiger partial charge >= 0.3 is 6.18 Å². The van der Waals surface area contributed by atoms with Crippen LogP contribution in [0.1, 0.15) is 34.8 Å². The predicted molar refractivity (Wildman–Crippen MR) is 91.4 cm³/mol. The molecule has 0 fully saturated rings. The van der Waals surface area contributed by atoms with E-state index in [0.717, 1.165) is 10.7 Å². The molecule has 6 nitrogen and oxygen atoms in total. The minimum atomic E-state index is -4.57. The van der Waals surface area contributed by atoms with Crippen molar-refractivity contribution in [3.63, 3.8) is 0 Å². The summed E-state index contributed by atoms with van der Waals surface area (Å²) in [6.45, 7) is 0. The van der Waals surface area contributed by atoms with E-state index in [9.17, 15) is 22.4 Å². The van der Waals surface area contributed by atoms with Crippen LogP contribution in [0, 0.1) is 5.82 Å². The topological polar surface area (TPSA) is 72.1 Å². The fraction of sp³-hybridized carbons (Fsp3) is 0.222. The molecule has 3 heterocycles. The quantitative estimate of drug-likeness (QED) is 0.641. The number of rotatable bonds is 3. The molecule has 10 heteroatoms. The van der Waals surface area contributed by atoms with Crippen LogP contribution < -0.4 is 10.6 Å². The van der Waals surface area contributed by atoms with Crippen molar-refractivity contribution in [2.24, 2.45) is 0 Å². The zero-order valence-corrected chi connectivity index (χ0v) is 14.2. The van der Waals surface area contributed by atoms with Crippen molar-refractivity contribution in [3.05, 3.63) is 66.0 Å². The first-order chi connectivity index (χ1) is 13.3. The lowest BCUT2D eigenvalue weighted by atomic mass is 10.0. The van der Waals surface area contributed by atoms with Gasteiger partial charge in [0.2, 0.25) is 0 Å². The highest BCUT2D eigenvalue weighted by Crippen LogP contribution is 2.43. The number of halogens is 4. The molecule has 0 saturated carbocycles. The number of anilines is 2. The third-order valence-electron chi connectivity index (χ3n) is 4.39. The van der Waals surface area contributed by atoms with Gasteiger partial charge in [-0.05, 0) is 30.3 Å². The minimum absolute atomic E-state index is 0.0411. The summed E-state index contributed by atoms with van der Waals surface area (Å²) in [4.78, 5) is 12.4. The maximum Gasteiger partial charge on any atom is 0.410 e. The molecule has 2 atom stereocenters. The van der Waals surface area contributed by atoms with Crippen molar-refractivity contribution in [1.29, 1.82) is 0 Å². The largest absolute Gasteiger partial charge is 0.467 e. The van der Waals surface area contributed by atoms with Gasteiger partial charge in [0, 0.05) is 18.2 Å². The highest BCUT2D eigenvalue weighted by Gasteiger charge is 2.47. The second-order valence-electron chi connectivity index (χ2n) is 6.33. The molecule has 2 N–H and O–H groups in total. The molecule has 1 aromatic carbocycles. The zero-order valence-electron chi connectivity index (χ0n) is 14.2. The van der Waals surface area contributed by atoms with Crippen molar-refractivity contribution in [3.8, 4) is 0 Å². The summed E-state index contributed by atoms with van der Waals surface area (Å²) >= 11 is 0. The molecule has 28 heavy (non-hydrogen) atoms. The number of nitrogens with zero attached hydrogens (tertiary/aromatic N) is 2. The van der Waals surface area contributed by atoms with Crippen LogP contribution in [-0.2, 0) is 0 Å². The maximum atomic E-state index is 13.6. The number of hydrogen-bond acceptors (Lipinski definition) is 4. The Hall–Kier alpha value is -3.30. The van der Waals surface area contributed by atoms with Crippen molar-refractivity contribution in [2.75, 3.05) is 10.6 Å². The van der Waals surface area contributed by atoms with Crippen molar-refractivity contribution in [2.45, 2.75) is 24.7 Å². The molecular weight excluding hydrogens is 380 g/mol. The molecule has 1 aliphatic rings. The number of fused-ring (bicyclic) bond motifs is 1. The molecule has 1 amide bonds. The Morgan fingerprint density at radius 3 is 2.75 bits per heavy atom. The van der Waals surface area contributed by atoms with Crippen LogP contribution in [0.5, 0.6) is 0 Å². The van der Waals surface area contributed by atoms with Gasteiger partial charge in [0.05, 0.1) is 12.3 Å². The summed E-state index contributed by atoms with van der Waals surface area (Å²) in [7, 11) is 0. The average molecular weight is 394 g/mol. The molecule has 0 radical (unpaired) electrons. The van der Waals surface area contributed by atoms with E-state index in [1.807, 2.05) is 0 Å². The summed E-state index contributed by atoms with van der Waals surface area (Å²) in [6.07, 6.45) is -3.52. The maximum absolute atomic E-state index is 13.6. The molecule has 0 bridgehead atoms. The zero-order chi connectivity index (χ0) is 19.9. The van der Waals surface area contributed by atoms with E-state index < -0.39 is 30.0 Å². The van der Waals surface area contributed by atoms with E-state index >= 15 is 0 Å². The Kier molecular flexibility index (Phi) is 4.33. The number of hydrogen-bond donors (Lipinski definition) is 2. The number of furan rings is 1. The predicted octanol–water partition coefficient (Wildman–Crippen LogP) is 4.53. The van der Waals surface area contributed by atoms with Gasteiger partial charge in [-0.1, -0.05) is 6.07 Å². The number of nitrogens with one attached hydrogen (secondary N) is 2. The van der Waals surface area contributed by atoms with Gasteiger partial charge in [-0.3, -0.25) is 4.79 Å². The normalized spacial score (nSPS) is 19.0. The molecule has 0 unspecified atom stereocenters. The fourth-order valence-corrected chi connectivity index (χ4v) is 3.12. The summed E-state index contributed by atoms with van der Waals surface area (Å²) in [5, 5.41) is 9.17. The van der Waals surface area contributed by atoms with Crippen LogP contribution in [0.2, 0.25) is 0 Å². The van der Waals surface area contributed by atoms with Gasteiger partial charge in [0.1, 0.15) is 17.4 Å². The first kappa shape index (κ1) is 18.1. The summed E-state index contributed by atoms with van der Waals surface area (Å²) in [5.74, 6) is -0.904. The second kappa shape index (κ2) is 6.70. The highest BCUT2D eigenvalue weighted by molar-refractivity contribution is 6.03. The van der Waals surface area contributed by atoms with Gasteiger partial charge in [-0.2, -0.15) is 18.3 Å². The number of amides is 1. The lowest BCUT2D eigenvalue weighted by Gasteiger charge is -2.32. The highest BCUT2D eigenvalue weighted by atomic mass is 19.4. The third kappa shape index (κ3) is 3.45. The van der Waals surface area contributed by atoms with E-state index in [0.29, 0.717) is 5.76 Å². The van der Waals surface area contributed by atoms with E-state index in [1.54, 1.807) is 12.1 Å². The minimum Gasteiger partial charge on any atom is -0.467 e. The summed E-state index contributed by atoms with van der Waals surface area (Å²) in [5.41, 5.74) is -0.0501. The Morgan fingerprint density at radius 2 is 2.07 bits per heavy atom. The van der Waals surface area contributed by atoms with Crippen molar-refractivity contribution < 1.29 is 26.8 Å². The lowest BCUT2D eigenvalue weighted by Crippen LogP contribution is -2.35. The SMILES string of the molecule is O=C(Nc1cccc(F)c1)c1cc2n(n1)[C@@H](C(F)(F)F)C[C@@H](c1ccco1)N2. The molecular formula is C18H14F4N4O2. The lowest BCUT2D eigenvalue weighted by molar-refractivity contribution is -0.174. The van der Waals surface area contributed by atoms with Gasteiger partial charge in [-0.25, -0.2) is 9.07 Å². The number of alkyl halides is 3. The fourth-order valence-electron chi connectivity index (χ4n) is 3.12. The molecule has 0 aliphatic carbocycles. The Bertz CT molecular complexity index is 997. The van der Waals surface area contributed by atoms with Crippen LogP contribution in [0.4, 0.5) is 29.1 Å². The van der Waals surface area contributed by atoms with Crippen LogP contribution in [0.15, 0.2) is 53.1 Å². The second-order valence-corrected chi connectivity index (χ2v) is 6.33. The average Bonchev–Trinajstić information content (AvgIpc) is 3.29. The van der Waals surface area contributed by atoms with Crippen molar-refractivity contribution >= 4 is 17.4 Å². The standard InChI is InChI=1S/C18H14F4N4O2/c19-10-3-1-4-11(7-10)23-17(27)13-9-16-24-12(14-5-2-6-28-14)8-15(18(20,21)22)26(16)25-13/h1-7,9,12,15,24H,8H2,(H,23,27)/t12-,15+/m0/s1. The van der Waals surface area contributed by atoms with E-state index in [1.165, 1.54) is 30.5 Å². The molecule has 1 aliphatic heterocycles. The van der Waals surface area contributed by atoms with Gasteiger partial charge in [0.25, 0.3) is 5.91 Å². The summed E-state index contributed by atoms with van der Waals surface area (Å²) < 4.78 is 59.9. The number of benzene rings is 1. The van der Waals surface area contributed by atoms with E-state index in [-0.39, 0.29) is 23.6 Å². The van der Waals surface area contributed by atoms with Crippen LogP contribution in [0.3, 0.4) is 0 Å². The molecule has 146 valence electrons. The Morgan fingerprint density at radius 1 is 1.25 bits per heavy atom. The first-order valence-electron chi connectivity index (χ1n) is 8.34. The molecule has 3 aromatic rings. The first-order valence-corrected chi connectivity index (χ1v) is 8.34. The van der Waals surface area contributed by atoms with Crippen LogP contribution in [0.25, 0.3) is 0 Å². The van der Waals surface area contributed by atoms with Gasteiger partial charge in [-0.15, -0.1) is 0 Å². The molecule has 2 aromatic heterocycles. The van der Waals surface area contributed by atoms with Crippen LogP contribution >= 0.6 is 0 Å². The number of carbonyl (C=O) groups is 1. The van der Waals surface area contributed by atoms with Crippen molar-refractivity contribution in [1.82, 2.24) is 9.78 Å². The molecule has 0 saturated heterocycles. The van der Waals surface area contributed by atoms with Gasteiger partial charge < -0.3 is 15.1 Å². The third-order valence-corrected chi connectivity index (χ3v) is 4.39.